The number of rotatable bonds is 3. The van der Waals surface area contributed by atoms with Crippen LogP contribution in [0.1, 0.15) is 16.2 Å². The average molecular weight is 496 g/mol. The van der Waals surface area contributed by atoms with E-state index in [2.05, 4.69) is 47.2 Å². The molecule has 1 aliphatic heterocycles. The topological polar surface area (TPSA) is 104 Å². The zero-order valence-electron chi connectivity index (χ0n) is 13.5. The first-order valence-electron chi connectivity index (χ1n) is 7.41. The number of H-pyrrole nitrogens is 1. The molecule has 0 unspecified atom stereocenters. The minimum Gasteiger partial charge on any atom is -0.335 e. The van der Waals surface area contributed by atoms with Crippen LogP contribution in [0.25, 0.3) is 0 Å². The molecule has 0 saturated carbocycles. The van der Waals surface area contributed by atoms with Gasteiger partial charge in [0.2, 0.25) is 10.0 Å². The van der Waals surface area contributed by atoms with Gasteiger partial charge in [0.15, 0.2) is 5.69 Å². The summed E-state index contributed by atoms with van der Waals surface area (Å²) in [6.07, 6.45) is 1.36. The Morgan fingerprint density at radius 3 is 2.36 bits per heavy atom. The highest BCUT2D eigenvalue weighted by atomic mass is 79.9. The van der Waals surface area contributed by atoms with Crippen molar-refractivity contribution in [3.8, 4) is 0 Å². The molecule has 0 bridgehead atoms. The summed E-state index contributed by atoms with van der Waals surface area (Å²) in [5.74, 6) is -0.247. The van der Waals surface area contributed by atoms with Crippen molar-refractivity contribution in [1.82, 2.24) is 29.2 Å². The van der Waals surface area contributed by atoms with Crippen LogP contribution in [-0.4, -0.2) is 69.7 Å². The average Bonchev–Trinajstić information content (AvgIpc) is 3.10. The van der Waals surface area contributed by atoms with Gasteiger partial charge in [0.1, 0.15) is 9.50 Å². The second-order valence-electron chi connectivity index (χ2n) is 5.61. The molecule has 3 rings (SSSR count). The molecule has 2 aromatic rings. The van der Waals surface area contributed by atoms with Gasteiger partial charge in [-0.1, -0.05) is 0 Å². The first-order chi connectivity index (χ1) is 11.7. The molecule has 0 aliphatic carbocycles. The molecule has 1 fully saturated rings. The molecule has 1 N–H and O–H groups in total. The van der Waals surface area contributed by atoms with Crippen molar-refractivity contribution in [1.29, 1.82) is 0 Å². The molecule has 9 nitrogen and oxygen atoms in total. The lowest BCUT2D eigenvalue weighted by Gasteiger charge is -2.33. The van der Waals surface area contributed by atoms with Gasteiger partial charge in [-0.15, -0.1) is 0 Å². The summed E-state index contributed by atoms with van der Waals surface area (Å²) in [5, 5.41) is 10.6. The number of carbonyl (C=O) groups is 1. The Hall–Kier alpha value is -1.24. The molecule has 1 saturated heterocycles. The summed E-state index contributed by atoms with van der Waals surface area (Å²) in [4.78, 5) is 14.3. The van der Waals surface area contributed by atoms with E-state index in [1.54, 1.807) is 18.9 Å². The number of amides is 1. The highest BCUT2D eigenvalue weighted by Gasteiger charge is 2.33. The van der Waals surface area contributed by atoms with Gasteiger partial charge < -0.3 is 4.90 Å². The number of nitrogens with one attached hydrogen (secondary N) is 1. The van der Waals surface area contributed by atoms with Gasteiger partial charge in [-0.2, -0.15) is 14.5 Å². The molecule has 25 heavy (non-hydrogen) atoms. The van der Waals surface area contributed by atoms with Gasteiger partial charge in [0, 0.05) is 33.2 Å². The lowest BCUT2D eigenvalue weighted by molar-refractivity contribution is 0.0691. The number of aromatic nitrogens is 4. The number of halogens is 2. The second kappa shape index (κ2) is 6.82. The van der Waals surface area contributed by atoms with Crippen molar-refractivity contribution < 1.29 is 13.2 Å². The third kappa shape index (κ3) is 3.27. The molecule has 0 atom stereocenters. The summed E-state index contributed by atoms with van der Waals surface area (Å²) in [6, 6.07) is 0. The van der Waals surface area contributed by atoms with Gasteiger partial charge in [0.05, 0.1) is 16.4 Å². The van der Waals surface area contributed by atoms with Crippen molar-refractivity contribution in [2.75, 3.05) is 26.2 Å². The van der Waals surface area contributed by atoms with Crippen LogP contribution in [0.15, 0.2) is 20.2 Å². The molecule has 1 aliphatic rings. The van der Waals surface area contributed by atoms with Gasteiger partial charge >= 0.3 is 0 Å². The number of aryl methyl sites for hydroxylation is 1. The van der Waals surface area contributed by atoms with Crippen LogP contribution in [0, 0.1) is 6.92 Å². The zero-order valence-corrected chi connectivity index (χ0v) is 17.5. The molecule has 3 heterocycles. The molecule has 2 aromatic heterocycles. The Labute approximate surface area is 161 Å². The smallest absolute Gasteiger partial charge is 0.275 e. The largest absolute Gasteiger partial charge is 0.335 e. The van der Waals surface area contributed by atoms with Crippen LogP contribution >= 0.6 is 31.9 Å². The number of carbonyl (C=O) groups excluding carboxylic acids is 1. The molecular weight excluding hydrogens is 480 g/mol. The predicted octanol–water partition coefficient (Wildman–Crippen LogP) is 1.12. The number of hydrogen-bond donors (Lipinski definition) is 1. The third-order valence-corrected chi connectivity index (χ3v) is 8.08. The Balaban J connectivity index is 1.72. The van der Waals surface area contributed by atoms with Crippen LogP contribution in [0.2, 0.25) is 0 Å². The third-order valence-electron chi connectivity index (χ3n) is 4.20. The van der Waals surface area contributed by atoms with Gasteiger partial charge in [-0.25, -0.2) is 8.42 Å². The molecule has 0 spiro atoms. The molecule has 12 heteroatoms. The van der Waals surface area contributed by atoms with Crippen LogP contribution < -0.4 is 0 Å². The maximum absolute atomic E-state index is 12.8. The van der Waals surface area contributed by atoms with E-state index in [0.717, 1.165) is 0 Å². The number of nitrogens with zero attached hydrogens (tertiary/aromatic N) is 5. The number of hydrogen-bond acceptors (Lipinski definition) is 5. The van der Waals surface area contributed by atoms with Crippen molar-refractivity contribution in [2.45, 2.75) is 11.8 Å². The van der Waals surface area contributed by atoms with Crippen LogP contribution in [0.5, 0.6) is 0 Å². The van der Waals surface area contributed by atoms with E-state index in [1.807, 2.05) is 0 Å². The van der Waals surface area contributed by atoms with E-state index in [1.165, 1.54) is 15.2 Å². The van der Waals surface area contributed by atoms with Crippen molar-refractivity contribution in [3.05, 3.63) is 26.7 Å². The lowest BCUT2D eigenvalue weighted by atomic mass is 10.3. The molecular formula is C13H16Br2N6O3S. The SMILES string of the molecule is Cc1c(S(=O)(=O)N2CCN(C(=O)c3n[nH]c(Br)c3Br)CC2)cnn1C. The standard InChI is InChI=1S/C13H16Br2N6O3S/c1-8-9(7-16-19(8)2)25(23,24)21-5-3-20(4-6-21)13(22)11-10(14)12(15)18-17-11/h7H,3-6H2,1-2H3,(H,17,18). The van der Waals surface area contributed by atoms with E-state index < -0.39 is 10.0 Å². The molecule has 0 aromatic carbocycles. The fourth-order valence-electron chi connectivity index (χ4n) is 2.60. The number of sulfonamides is 1. The number of piperazine rings is 1. The van der Waals surface area contributed by atoms with E-state index in [0.29, 0.717) is 27.9 Å². The fourth-order valence-corrected chi connectivity index (χ4v) is 4.83. The minimum atomic E-state index is -3.62. The molecule has 1 amide bonds. The van der Waals surface area contributed by atoms with E-state index in [-0.39, 0.29) is 29.6 Å². The van der Waals surface area contributed by atoms with E-state index >= 15 is 0 Å². The van der Waals surface area contributed by atoms with Gasteiger partial charge in [-0.05, 0) is 38.8 Å². The molecule has 0 radical (unpaired) electrons. The second-order valence-corrected chi connectivity index (χ2v) is 9.11. The summed E-state index contributed by atoms with van der Waals surface area (Å²) in [6.45, 7) is 2.77. The Bertz CT molecular complexity index is 914. The maximum Gasteiger partial charge on any atom is 0.275 e. The monoisotopic (exact) mass is 494 g/mol. The molecule has 136 valence electrons. The van der Waals surface area contributed by atoms with Crippen LogP contribution in [0.3, 0.4) is 0 Å². The lowest BCUT2D eigenvalue weighted by Crippen LogP contribution is -2.50. The number of aromatic amines is 1. The minimum absolute atomic E-state index is 0.203. The fraction of sp³-hybridized carbons (Fsp3) is 0.462. The Morgan fingerprint density at radius 1 is 1.24 bits per heavy atom. The van der Waals surface area contributed by atoms with Gasteiger partial charge in [-0.3, -0.25) is 14.6 Å². The van der Waals surface area contributed by atoms with Crippen LogP contribution in [0.4, 0.5) is 0 Å². The Kier molecular flexibility index (Phi) is 5.06. The van der Waals surface area contributed by atoms with E-state index in [4.69, 9.17) is 0 Å². The Morgan fingerprint density at radius 2 is 1.88 bits per heavy atom. The highest BCUT2D eigenvalue weighted by molar-refractivity contribution is 9.13. The van der Waals surface area contributed by atoms with Crippen LogP contribution in [-0.2, 0) is 17.1 Å². The summed E-state index contributed by atoms with van der Waals surface area (Å²) >= 11 is 6.55. The first-order valence-corrected chi connectivity index (χ1v) is 10.4. The maximum atomic E-state index is 12.8. The zero-order chi connectivity index (χ0) is 18.4. The van der Waals surface area contributed by atoms with Crippen molar-refractivity contribution in [3.63, 3.8) is 0 Å². The normalized spacial score (nSPS) is 16.4. The predicted molar refractivity (Wildman–Crippen MR) is 96.6 cm³/mol. The summed E-state index contributed by atoms with van der Waals surface area (Å²) < 4.78 is 29.6. The van der Waals surface area contributed by atoms with Crippen molar-refractivity contribution >= 4 is 47.8 Å². The highest BCUT2D eigenvalue weighted by Crippen LogP contribution is 2.26. The van der Waals surface area contributed by atoms with Crippen molar-refractivity contribution in [2.24, 2.45) is 7.05 Å². The quantitative estimate of drug-likeness (QED) is 0.687. The first kappa shape index (κ1) is 18.5. The van der Waals surface area contributed by atoms with E-state index in [9.17, 15) is 13.2 Å². The van der Waals surface area contributed by atoms with Gasteiger partial charge in [0.25, 0.3) is 5.91 Å². The summed E-state index contributed by atoms with van der Waals surface area (Å²) in [7, 11) is -1.92. The summed E-state index contributed by atoms with van der Waals surface area (Å²) in [5.41, 5.74) is 0.857.